The van der Waals surface area contributed by atoms with Crippen molar-refractivity contribution < 1.29 is 14.3 Å². The van der Waals surface area contributed by atoms with E-state index in [9.17, 15) is 9.59 Å². The number of hydrogen-bond acceptors (Lipinski definition) is 3. The molecule has 1 heterocycles. The van der Waals surface area contributed by atoms with E-state index in [1.807, 2.05) is 56.3 Å². The Hall–Kier alpha value is -3.60. The average Bonchev–Trinajstić information content (AvgIpc) is 2.83. The lowest BCUT2D eigenvalue weighted by molar-refractivity contribution is -0.127. The molecular formula is C25H24N2O3. The lowest BCUT2D eigenvalue weighted by Crippen LogP contribution is -2.42. The van der Waals surface area contributed by atoms with Gasteiger partial charge in [-0.3, -0.25) is 9.59 Å². The molecule has 0 radical (unpaired) electrons. The van der Waals surface area contributed by atoms with Crippen molar-refractivity contribution in [2.75, 3.05) is 23.4 Å². The van der Waals surface area contributed by atoms with E-state index in [1.54, 1.807) is 29.2 Å². The highest BCUT2D eigenvalue weighted by Gasteiger charge is 2.37. The minimum absolute atomic E-state index is 0.0197. The second-order valence-corrected chi connectivity index (χ2v) is 8.04. The maximum atomic E-state index is 13.0. The van der Waals surface area contributed by atoms with Crippen LogP contribution in [0.5, 0.6) is 5.75 Å². The maximum Gasteiger partial charge on any atom is 0.256 e. The Labute approximate surface area is 176 Å². The summed E-state index contributed by atoms with van der Waals surface area (Å²) in [4.78, 5) is 27.5. The molecule has 0 bridgehead atoms. The molecule has 4 rings (SSSR count). The molecule has 3 aromatic carbocycles. The first-order chi connectivity index (χ1) is 14.4. The number of nitrogens with zero attached hydrogens (tertiary/aromatic N) is 1. The van der Waals surface area contributed by atoms with Gasteiger partial charge in [0.25, 0.3) is 5.91 Å². The van der Waals surface area contributed by atoms with E-state index in [0.717, 1.165) is 10.8 Å². The number of rotatable bonds is 4. The highest BCUT2D eigenvalue weighted by Crippen LogP contribution is 2.38. The fourth-order valence-electron chi connectivity index (χ4n) is 3.66. The number of carbonyl (C=O) groups is 2. The van der Waals surface area contributed by atoms with Crippen molar-refractivity contribution in [3.8, 4) is 5.75 Å². The van der Waals surface area contributed by atoms with E-state index in [-0.39, 0.29) is 18.4 Å². The molecule has 0 saturated heterocycles. The third kappa shape index (κ3) is 3.54. The fraction of sp³-hybridized carbons (Fsp3) is 0.200. The van der Waals surface area contributed by atoms with Crippen molar-refractivity contribution >= 4 is 34.0 Å². The lowest BCUT2D eigenvalue weighted by Gasteiger charge is -2.27. The third-order valence-corrected chi connectivity index (χ3v) is 5.27. The summed E-state index contributed by atoms with van der Waals surface area (Å²) in [6, 6.07) is 18.8. The molecule has 1 aliphatic rings. The summed E-state index contributed by atoms with van der Waals surface area (Å²) in [6.45, 7) is 8.13. The van der Waals surface area contributed by atoms with Crippen LogP contribution in [0.2, 0.25) is 0 Å². The van der Waals surface area contributed by atoms with Crippen LogP contribution in [0.1, 0.15) is 24.2 Å². The van der Waals surface area contributed by atoms with E-state index < -0.39 is 5.41 Å². The average molecular weight is 400 g/mol. The zero-order valence-electron chi connectivity index (χ0n) is 17.1. The summed E-state index contributed by atoms with van der Waals surface area (Å²) in [7, 11) is 0. The Morgan fingerprint density at radius 3 is 2.73 bits per heavy atom. The Bertz CT molecular complexity index is 1140. The molecule has 5 heteroatoms. The SMILES string of the molecule is C=CCN1C(=O)C(C)(C)COc2cc(NC(=O)c3cccc4ccccc34)ccc21. The number of hydrogen-bond donors (Lipinski definition) is 1. The predicted molar refractivity (Wildman–Crippen MR) is 120 cm³/mol. The zero-order chi connectivity index (χ0) is 21.3. The summed E-state index contributed by atoms with van der Waals surface area (Å²) < 4.78 is 5.96. The number of fused-ring (bicyclic) bond motifs is 2. The molecule has 0 saturated carbocycles. The molecule has 30 heavy (non-hydrogen) atoms. The van der Waals surface area contributed by atoms with Crippen LogP contribution < -0.4 is 15.0 Å². The minimum Gasteiger partial charge on any atom is -0.490 e. The Morgan fingerprint density at radius 2 is 1.93 bits per heavy atom. The second kappa shape index (κ2) is 7.67. The predicted octanol–water partition coefficient (Wildman–Crippen LogP) is 5.03. The molecule has 152 valence electrons. The largest absolute Gasteiger partial charge is 0.490 e. The normalized spacial score (nSPS) is 15.1. The second-order valence-electron chi connectivity index (χ2n) is 8.04. The first-order valence-corrected chi connectivity index (χ1v) is 9.89. The van der Waals surface area contributed by atoms with Crippen molar-refractivity contribution in [1.29, 1.82) is 0 Å². The van der Waals surface area contributed by atoms with Gasteiger partial charge >= 0.3 is 0 Å². The third-order valence-electron chi connectivity index (χ3n) is 5.27. The van der Waals surface area contributed by atoms with Crippen LogP contribution in [-0.2, 0) is 4.79 Å². The lowest BCUT2D eigenvalue weighted by atomic mass is 9.93. The van der Waals surface area contributed by atoms with Crippen molar-refractivity contribution in [3.63, 3.8) is 0 Å². The number of ether oxygens (including phenoxy) is 1. The molecular weight excluding hydrogens is 376 g/mol. The summed E-state index contributed by atoms with van der Waals surface area (Å²) in [5, 5.41) is 4.86. The van der Waals surface area contributed by atoms with Crippen molar-refractivity contribution in [2.24, 2.45) is 5.41 Å². The summed E-state index contributed by atoms with van der Waals surface area (Å²) >= 11 is 0. The standard InChI is InChI=1S/C25H24N2O3/c1-4-14-27-21-13-12-18(15-22(21)30-16-25(2,3)24(27)29)26-23(28)20-11-7-9-17-8-5-6-10-19(17)20/h4-13,15H,1,14,16H2,2-3H3,(H,26,28). The first kappa shape index (κ1) is 19.7. The van der Waals surface area contributed by atoms with Gasteiger partial charge in [0.15, 0.2) is 0 Å². The van der Waals surface area contributed by atoms with Crippen LogP contribution in [0.25, 0.3) is 10.8 Å². The number of anilines is 2. The molecule has 0 aliphatic carbocycles. The highest BCUT2D eigenvalue weighted by atomic mass is 16.5. The van der Waals surface area contributed by atoms with E-state index in [1.165, 1.54) is 0 Å². The minimum atomic E-state index is -0.658. The van der Waals surface area contributed by atoms with Gasteiger partial charge in [0.2, 0.25) is 5.91 Å². The van der Waals surface area contributed by atoms with Gasteiger partial charge in [0.1, 0.15) is 12.4 Å². The Kier molecular flexibility index (Phi) is 5.04. The highest BCUT2D eigenvalue weighted by molar-refractivity contribution is 6.13. The monoisotopic (exact) mass is 400 g/mol. The van der Waals surface area contributed by atoms with Gasteiger partial charge in [0, 0.05) is 23.9 Å². The molecule has 0 atom stereocenters. The molecule has 0 aromatic heterocycles. The van der Waals surface area contributed by atoms with Gasteiger partial charge in [0.05, 0.1) is 11.1 Å². The van der Waals surface area contributed by atoms with Crippen molar-refractivity contribution in [1.82, 2.24) is 0 Å². The van der Waals surface area contributed by atoms with Gasteiger partial charge in [-0.25, -0.2) is 0 Å². The fourth-order valence-corrected chi connectivity index (χ4v) is 3.66. The number of benzene rings is 3. The Balaban J connectivity index is 1.66. The number of amides is 2. The topological polar surface area (TPSA) is 58.6 Å². The summed E-state index contributed by atoms with van der Waals surface area (Å²) in [5.74, 6) is 0.347. The summed E-state index contributed by atoms with van der Waals surface area (Å²) in [5.41, 5.74) is 1.23. The number of carbonyl (C=O) groups excluding carboxylic acids is 2. The van der Waals surface area contributed by atoms with Crippen LogP contribution in [0, 0.1) is 5.41 Å². The van der Waals surface area contributed by atoms with E-state index >= 15 is 0 Å². The molecule has 5 nitrogen and oxygen atoms in total. The Morgan fingerprint density at radius 1 is 1.17 bits per heavy atom. The van der Waals surface area contributed by atoms with Crippen molar-refractivity contribution in [3.05, 3.63) is 78.9 Å². The number of nitrogens with one attached hydrogen (secondary N) is 1. The van der Waals surface area contributed by atoms with Crippen LogP contribution in [0.3, 0.4) is 0 Å². The smallest absolute Gasteiger partial charge is 0.256 e. The summed E-state index contributed by atoms with van der Waals surface area (Å²) in [6.07, 6.45) is 1.69. The molecule has 0 unspecified atom stereocenters. The van der Waals surface area contributed by atoms with Gasteiger partial charge in [-0.05, 0) is 42.8 Å². The maximum absolute atomic E-state index is 13.0. The van der Waals surface area contributed by atoms with Crippen molar-refractivity contribution in [2.45, 2.75) is 13.8 Å². The molecule has 1 aliphatic heterocycles. The van der Waals surface area contributed by atoms with Gasteiger partial charge in [-0.15, -0.1) is 6.58 Å². The van der Waals surface area contributed by atoms with Gasteiger partial charge in [-0.2, -0.15) is 0 Å². The van der Waals surface area contributed by atoms with Crippen LogP contribution >= 0.6 is 0 Å². The van der Waals surface area contributed by atoms with Gasteiger partial charge in [-0.1, -0.05) is 42.5 Å². The quantitative estimate of drug-likeness (QED) is 0.625. The van der Waals surface area contributed by atoms with Gasteiger partial charge < -0.3 is 15.0 Å². The van der Waals surface area contributed by atoms with E-state index in [4.69, 9.17) is 4.74 Å². The van der Waals surface area contributed by atoms with E-state index in [0.29, 0.717) is 29.2 Å². The van der Waals surface area contributed by atoms with Crippen LogP contribution in [0.4, 0.5) is 11.4 Å². The first-order valence-electron chi connectivity index (χ1n) is 9.89. The van der Waals surface area contributed by atoms with E-state index in [2.05, 4.69) is 11.9 Å². The van der Waals surface area contributed by atoms with Crippen LogP contribution in [0.15, 0.2) is 73.3 Å². The molecule has 3 aromatic rings. The molecule has 0 fully saturated rings. The molecule has 2 amide bonds. The van der Waals surface area contributed by atoms with Crippen LogP contribution in [-0.4, -0.2) is 25.0 Å². The molecule has 0 spiro atoms. The molecule has 1 N–H and O–H groups in total. The zero-order valence-corrected chi connectivity index (χ0v) is 17.1.